The Labute approximate surface area is 123 Å². The Balaban J connectivity index is 2.11. The Morgan fingerprint density at radius 3 is 2.52 bits per heavy atom. The zero-order chi connectivity index (χ0) is 15.5. The van der Waals surface area contributed by atoms with Gasteiger partial charge in [-0.15, -0.1) is 0 Å². The molecule has 2 nitrogen and oxygen atoms in total. The van der Waals surface area contributed by atoms with E-state index in [4.69, 9.17) is 4.74 Å². The second-order valence-corrected chi connectivity index (χ2v) is 5.67. The van der Waals surface area contributed by atoms with Gasteiger partial charge in [0.05, 0.1) is 13.0 Å². The first-order valence-corrected chi connectivity index (χ1v) is 7.39. The van der Waals surface area contributed by atoms with E-state index in [0.717, 1.165) is 12.0 Å². The van der Waals surface area contributed by atoms with Gasteiger partial charge in [0.15, 0.2) is 0 Å². The summed E-state index contributed by atoms with van der Waals surface area (Å²) in [4.78, 5) is 0. The molecule has 1 saturated carbocycles. The van der Waals surface area contributed by atoms with Crippen molar-refractivity contribution in [1.82, 2.24) is 5.32 Å². The van der Waals surface area contributed by atoms with Gasteiger partial charge in [-0.25, -0.2) is 0 Å². The maximum Gasteiger partial charge on any atom is 0.393 e. The fourth-order valence-corrected chi connectivity index (χ4v) is 3.16. The van der Waals surface area contributed by atoms with Gasteiger partial charge in [-0.1, -0.05) is 31.0 Å². The van der Waals surface area contributed by atoms with Crippen LogP contribution < -0.4 is 10.1 Å². The van der Waals surface area contributed by atoms with E-state index in [1.165, 1.54) is 0 Å². The van der Waals surface area contributed by atoms with E-state index in [2.05, 4.69) is 5.32 Å². The molecule has 21 heavy (non-hydrogen) atoms. The quantitative estimate of drug-likeness (QED) is 0.886. The van der Waals surface area contributed by atoms with Crippen LogP contribution in [0.25, 0.3) is 0 Å². The molecule has 1 aromatic carbocycles. The van der Waals surface area contributed by atoms with Crippen molar-refractivity contribution in [2.45, 2.75) is 50.9 Å². The van der Waals surface area contributed by atoms with Crippen molar-refractivity contribution >= 4 is 0 Å². The molecule has 1 fully saturated rings. The smallest absolute Gasteiger partial charge is 0.393 e. The highest BCUT2D eigenvalue weighted by molar-refractivity contribution is 5.35. The molecule has 0 bridgehead atoms. The summed E-state index contributed by atoms with van der Waals surface area (Å²) in [7, 11) is 1.57. The average molecular weight is 301 g/mol. The molecule has 0 saturated heterocycles. The van der Waals surface area contributed by atoms with Gasteiger partial charge in [0.2, 0.25) is 0 Å². The number of nitrogens with one attached hydrogen (secondary N) is 1. The van der Waals surface area contributed by atoms with E-state index in [0.29, 0.717) is 18.6 Å². The summed E-state index contributed by atoms with van der Waals surface area (Å²) in [6, 6.07) is 6.76. The first kappa shape index (κ1) is 16.1. The molecule has 118 valence electrons. The third-order valence-corrected chi connectivity index (χ3v) is 4.26. The molecule has 5 heteroatoms. The van der Waals surface area contributed by atoms with E-state index in [1.807, 2.05) is 31.2 Å². The second kappa shape index (κ2) is 6.69. The van der Waals surface area contributed by atoms with Crippen LogP contribution >= 0.6 is 0 Å². The summed E-state index contributed by atoms with van der Waals surface area (Å²) in [6.07, 6.45) is -1.82. The molecule has 1 aliphatic rings. The lowest BCUT2D eigenvalue weighted by Crippen LogP contribution is -2.46. The number of hydrogen-bond donors (Lipinski definition) is 1. The normalized spacial score (nSPS) is 24.6. The van der Waals surface area contributed by atoms with E-state index >= 15 is 0 Å². The average Bonchev–Trinajstić information content (AvgIpc) is 2.46. The largest absolute Gasteiger partial charge is 0.496 e. The fourth-order valence-electron chi connectivity index (χ4n) is 3.16. The van der Waals surface area contributed by atoms with Crippen LogP contribution in [0.4, 0.5) is 13.2 Å². The molecule has 3 atom stereocenters. The second-order valence-electron chi connectivity index (χ2n) is 5.67. The van der Waals surface area contributed by atoms with Gasteiger partial charge in [0.25, 0.3) is 0 Å². The van der Waals surface area contributed by atoms with Crippen LogP contribution in [0, 0.1) is 5.92 Å². The minimum absolute atomic E-state index is 0.172. The van der Waals surface area contributed by atoms with E-state index < -0.39 is 18.1 Å². The summed E-state index contributed by atoms with van der Waals surface area (Å²) >= 11 is 0. The van der Waals surface area contributed by atoms with Gasteiger partial charge in [-0.05, 0) is 25.8 Å². The summed E-state index contributed by atoms with van der Waals surface area (Å²) in [6.45, 7) is 1.89. The summed E-state index contributed by atoms with van der Waals surface area (Å²) < 4.78 is 44.7. The molecule has 1 N–H and O–H groups in total. The summed E-state index contributed by atoms with van der Waals surface area (Å²) in [5.74, 6) is -0.541. The van der Waals surface area contributed by atoms with Crippen molar-refractivity contribution in [2.24, 2.45) is 5.92 Å². The van der Waals surface area contributed by atoms with Crippen LogP contribution in [0.5, 0.6) is 5.75 Å². The van der Waals surface area contributed by atoms with Crippen molar-refractivity contribution in [3.05, 3.63) is 29.8 Å². The third-order valence-electron chi connectivity index (χ3n) is 4.26. The molecule has 0 amide bonds. The third kappa shape index (κ3) is 3.90. The van der Waals surface area contributed by atoms with Gasteiger partial charge < -0.3 is 10.1 Å². The van der Waals surface area contributed by atoms with Gasteiger partial charge >= 0.3 is 6.18 Å². The highest BCUT2D eigenvalue weighted by atomic mass is 19.4. The Hall–Kier alpha value is -1.23. The zero-order valence-electron chi connectivity index (χ0n) is 12.4. The predicted octanol–water partition coefficient (Wildman–Crippen LogP) is 4.47. The standard InChI is InChI=1S/C16H22F3NO/c1-11(12-7-3-6-10-15(12)21-2)20-14-9-5-4-8-13(14)16(17,18)19/h3,6-7,10-11,13-14,20H,4-5,8-9H2,1-2H3. The van der Waals surface area contributed by atoms with Crippen LogP contribution in [-0.4, -0.2) is 19.3 Å². The van der Waals surface area contributed by atoms with Crippen molar-refractivity contribution in [1.29, 1.82) is 0 Å². The molecule has 2 rings (SSSR count). The van der Waals surface area contributed by atoms with E-state index in [-0.39, 0.29) is 12.5 Å². The van der Waals surface area contributed by atoms with Crippen molar-refractivity contribution in [2.75, 3.05) is 7.11 Å². The number of hydrogen-bond acceptors (Lipinski definition) is 2. The maximum absolute atomic E-state index is 13.1. The topological polar surface area (TPSA) is 21.3 Å². The monoisotopic (exact) mass is 301 g/mol. The molecular weight excluding hydrogens is 279 g/mol. The molecule has 0 spiro atoms. The highest BCUT2D eigenvalue weighted by Crippen LogP contribution is 2.39. The van der Waals surface area contributed by atoms with Gasteiger partial charge in [0, 0.05) is 17.6 Å². The summed E-state index contributed by atoms with van der Waals surface area (Å²) in [5.41, 5.74) is 0.895. The van der Waals surface area contributed by atoms with Crippen LogP contribution in [0.15, 0.2) is 24.3 Å². The van der Waals surface area contributed by atoms with Crippen LogP contribution in [0.3, 0.4) is 0 Å². The van der Waals surface area contributed by atoms with Crippen molar-refractivity contribution in [3.8, 4) is 5.75 Å². The number of para-hydroxylation sites is 1. The Bertz CT molecular complexity index is 461. The van der Waals surface area contributed by atoms with Crippen molar-refractivity contribution < 1.29 is 17.9 Å². The molecule has 1 aliphatic carbocycles. The van der Waals surface area contributed by atoms with E-state index in [9.17, 15) is 13.2 Å². The van der Waals surface area contributed by atoms with Gasteiger partial charge in [-0.3, -0.25) is 0 Å². The lowest BCUT2D eigenvalue weighted by atomic mass is 9.83. The minimum Gasteiger partial charge on any atom is -0.496 e. The van der Waals surface area contributed by atoms with Gasteiger partial charge in [-0.2, -0.15) is 13.2 Å². The van der Waals surface area contributed by atoms with Crippen LogP contribution in [0.1, 0.15) is 44.2 Å². The SMILES string of the molecule is COc1ccccc1C(C)NC1CCCCC1C(F)(F)F. The number of halogens is 3. The number of rotatable bonds is 4. The molecular formula is C16H22F3NO. The molecule has 0 aromatic heterocycles. The Morgan fingerprint density at radius 2 is 1.86 bits per heavy atom. The lowest BCUT2D eigenvalue weighted by Gasteiger charge is -2.35. The molecule has 0 heterocycles. The molecule has 0 aliphatic heterocycles. The number of benzene rings is 1. The number of alkyl halides is 3. The highest BCUT2D eigenvalue weighted by Gasteiger charge is 2.45. The number of methoxy groups -OCH3 is 1. The fraction of sp³-hybridized carbons (Fsp3) is 0.625. The number of ether oxygens (including phenoxy) is 1. The molecule has 0 radical (unpaired) electrons. The van der Waals surface area contributed by atoms with Gasteiger partial charge in [0.1, 0.15) is 5.75 Å². The van der Waals surface area contributed by atoms with Crippen molar-refractivity contribution in [3.63, 3.8) is 0 Å². The van der Waals surface area contributed by atoms with E-state index in [1.54, 1.807) is 7.11 Å². The Kier molecular flexibility index (Phi) is 5.14. The minimum atomic E-state index is -4.13. The zero-order valence-corrected chi connectivity index (χ0v) is 12.4. The molecule has 3 unspecified atom stereocenters. The lowest BCUT2D eigenvalue weighted by molar-refractivity contribution is -0.189. The maximum atomic E-state index is 13.1. The predicted molar refractivity (Wildman–Crippen MR) is 76.3 cm³/mol. The first-order valence-electron chi connectivity index (χ1n) is 7.39. The Morgan fingerprint density at radius 1 is 1.19 bits per heavy atom. The molecule has 1 aromatic rings. The summed E-state index contributed by atoms with van der Waals surface area (Å²) in [5, 5.41) is 3.17. The first-order chi connectivity index (χ1) is 9.93. The van der Waals surface area contributed by atoms with Crippen LogP contribution in [-0.2, 0) is 0 Å². The van der Waals surface area contributed by atoms with Crippen LogP contribution in [0.2, 0.25) is 0 Å².